The van der Waals surface area contributed by atoms with Crippen molar-refractivity contribution in [1.29, 1.82) is 0 Å². The van der Waals surface area contributed by atoms with Gasteiger partial charge in [0.25, 0.3) is 0 Å². The number of ether oxygens (including phenoxy) is 3. The molecule has 0 spiro atoms. The molecule has 10 nitrogen and oxygen atoms in total. The molecule has 0 aliphatic carbocycles. The van der Waals surface area contributed by atoms with Crippen molar-refractivity contribution >= 4 is 22.4 Å². The Morgan fingerprint density at radius 3 is 2.64 bits per heavy atom. The van der Waals surface area contributed by atoms with E-state index in [0.29, 0.717) is 32.2 Å². The van der Waals surface area contributed by atoms with Crippen molar-refractivity contribution in [3.05, 3.63) is 42.1 Å². The lowest BCUT2D eigenvalue weighted by atomic mass is 10.2. The molecule has 0 unspecified atom stereocenters. The van der Waals surface area contributed by atoms with Crippen LogP contribution in [0.3, 0.4) is 0 Å². The molecule has 0 radical (unpaired) electrons. The van der Waals surface area contributed by atoms with Gasteiger partial charge in [0.1, 0.15) is 19.0 Å². The van der Waals surface area contributed by atoms with E-state index in [9.17, 15) is 0 Å². The standard InChI is InChI=1S/C23H29N7O3/c1-2-4-20-19(3-1)21(28-27-20)17-24-26-18-15-22(30-8-12-32-13-9-30)25-23(16-18)33-14-7-29-5-10-31-11-6-29/h1-4,15-16H,5-14,17H2,(H,27,28). The van der Waals surface area contributed by atoms with Gasteiger partial charge < -0.3 is 19.1 Å². The van der Waals surface area contributed by atoms with Crippen LogP contribution in [-0.2, 0) is 16.0 Å². The Kier molecular flexibility index (Phi) is 7.05. The van der Waals surface area contributed by atoms with Gasteiger partial charge >= 0.3 is 0 Å². The fraction of sp³-hybridized carbons (Fsp3) is 0.478. The van der Waals surface area contributed by atoms with Gasteiger partial charge in [0.05, 0.1) is 43.3 Å². The van der Waals surface area contributed by atoms with E-state index >= 15 is 0 Å². The number of aromatic amines is 1. The van der Waals surface area contributed by atoms with Gasteiger partial charge in [0.2, 0.25) is 5.88 Å². The van der Waals surface area contributed by atoms with Gasteiger partial charge in [-0.15, -0.1) is 0 Å². The number of morpholine rings is 2. The first-order valence-electron chi connectivity index (χ1n) is 11.4. The number of para-hydroxylation sites is 1. The summed E-state index contributed by atoms with van der Waals surface area (Å²) in [6, 6.07) is 11.8. The molecule has 2 saturated heterocycles. The number of nitrogens with zero attached hydrogens (tertiary/aromatic N) is 6. The monoisotopic (exact) mass is 451 g/mol. The molecule has 0 atom stereocenters. The number of anilines is 1. The Bertz CT molecular complexity index is 1070. The van der Waals surface area contributed by atoms with Crippen molar-refractivity contribution in [2.24, 2.45) is 10.2 Å². The lowest BCUT2D eigenvalue weighted by Gasteiger charge is -2.28. The Balaban J connectivity index is 1.29. The fourth-order valence-corrected chi connectivity index (χ4v) is 3.99. The van der Waals surface area contributed by atoms with Gasteiger partial charge in [0.15, 0.2) is 0 Å². The normalized spacial score (nSPS) is 17.8. The van der Waals surface area contributed by atoms with Crippen LogP contribution >= 0.6 is 0 Å². The molecule has 0 amide bonds. The maximum Gasteiger partial charge on any atom is 0.217 e. The molecular weight excluding hydrogens is 422 g/mol. The topological polar surface area (TPSA) is 100 Å². The Hall–Kier alpha value is -3.08. The van der Waals surface area contributed by atoms with Crippen LogP contribution in [0.15, 0.2) is 46.6 Å². The SMILES string of the molecule is c1ccc2c(CN=Nc3cc(OCCN4CCOCC4)nc(N4CCOCC4)c3)[nH]nc2c1. The zero-order chi connectivity index (χ0) is 22.3. The predicted molar refractivity (Wildman–Crippen MR) is 124 cm³/mol. The second-order valence-electron chi connectivity index (χ2n) is 8.04. The van der Waals surface area contributed by atoms with E-state index in [2.05, 4.69) is 30.2 Å². The maximum absolute atomic E-state index is 6.02. The first kappa shape index (κ1) is 21.7. The number of rotatable bonds is 8. The van der Waals surface area contributed by atoms with Gasteiger partial charge in [-0.25, -0.2) is 0 Å². The summed E-state index contributed by atoms with van der Waals surface area (Å²) in [6.45, 7) is 8.22. The smallest absolute Gasteiger partial charge is 0.217 e. The van der Waals surface area contributed by atoms with Crippen LogP contribution in [0.4, 0.5) is 11.5 Å². The highest BCUT2D eigenvalue weighted by molar-refractivity contribution is 5.81. The molecule has 1 N–H and O–H groups in total. The van der Waals surface area contributed by atoms with Gasteiger partial charge in [0, 0.05) is 50.2 Å². The van der Waals surface area contributed by atoms with Crippen LogP contribution in [-0.4, -0.2) is 85.8 Å². The van der Waals surface area contributed by atoms with E-state index in [4.69, 9.17) is 19.2 Å². The zero-order valence-electron chi connectivity index (χ0n) is 18.7. The number of nitrogens with one attached hydrogen (secondary N) is 1. The van der Waals surface area contributed by atoms with Gasteiger partial charge in [-0.05, 0) is 6.07 Å². The predicted octanol–water partition coefficient (Wildman–Crippen LogP) is 2.79. The largest absolute Gasteiger partial charge is 0.476 e. The molecule has 0 bridgehead atoms. The van der Waals surface area contributed by atoms with E-state index in [-0.39, 0.29) is 0 Å². The molecular formula is C23H29N7O3. The van der Waals surface area contributed by atoms with Crippen molar-refractivity contribution in [2.45, 2.75) is 6.54 Å². The highest BCUT2D eigenvalue weighted by atomic mass is 16.5. The number of pyridine rings is 1. The highest BCUT2D eigenvalue weighted by Crippen LogP contribution is 2.27. The molecule has 4 heterocycles. The molecule has 2 aliphatic heterocycles. The van der Waals surface area contributed by atoms with Crippen molar-refractivity contribution in [3.63, 3.8) is 0 Å². The Morgan fingerprint density at radius 1 is 1.00 bits per heavy atom. The van der Waals surface area contributed by atoms with Crippen LogP contribution in [0.1, 0.15) is 5.69 Å². The first-order chi connectivity index (χ1) is 16.3. The summed E-state index contributed by atoms with van der Waals surface area (Å²) in [5, 5.41) is 17.3. The van der Waals surface area contributed by atoms with Gasteiger partial charge in [-0.3, -0.25) is 10.00 Å². The summed E-state index contributed by atoms with van der Waals surface area (Å²) in [7, 11) is 0. The van der Waals surface area contributed by atoms with Gasteiger partial charge in [-0.2, -0.15) is 20.3 Å². The molecule has 2 aromatic heterocycles. The summed E-state index contributed by atoms with van der Waals surface area (Å²) < 4.78 is 16.9. The number of benzene rings is 1. The van der Waals surface area contributed by atoms with Crippen LogP contribution < -0.4 is 9.64 Å². The summed E-state index contributed by atoms with van der Waals surface area (Å²) >= 11 is 0. The average Bonchev–Trinajstić information content (AvgIpc) is 3.28. The van der Waals surface area contributed by atoms with Crippen LogP contribution in [0, 0.1) is 0 Å². The lowest BCUT2D eigenvalue weighted by molar-refractivity contribution is 0.0320. The number of hydrogen-bond acceptors (Lipinski definition) is 9. The zero-order valence-corrected chi connectivity index (χ0v) is 18.7. The second-order valence-corrected chi connectivity index (χ2v) is 8.04. The summed E-state index contributed by atoms with van der Waals surface area (Å²) in [6.07, 6.45) is 0. The molecule has 3 aromatic rings. The number of hydrogen-bond donors (Lipinski definition) is 1. The number of H-pyrrole nitrogens is 1. The van der Waals surface area contributed by atoms with E-state index in [1.54, 1.807) is 0 Å². The third kappa shape index (κ3) is 5.65. The minimum atomic E-state index is 0.420. The Labute approximate surface area is 192 Å². The van der Waals surface area contributed by atoms with Gasteiger partial charge in [-0.1, -0.05) is 18.2 Å². The number of azo groups is 1. The fourth-order valence-electron chi connectivity index (χ4n) is 3.99. The van der Waals surface area contributed by atoms with Crippen molar-refractivity contribution < 1.29 is 14.2 Å². The third-order valence-corrected chi connectivity index (χ3v) is 5.82. The second kappa shape index (κ2) is 10.7. The van der Waals surface area contributed by atoms with E-state index < -0.39 is 0 Å². The molecule has 2 fully saturated rings. The van der Waals surface area contributed by atoms with Crippen molar-refractivity contribution in [3.8, 4) is 5.88 Å². The first-order valence-corrected chi connectivity index (χ1v) is 11.4. The maximum atomic E-state index is 6.02. The van der Waals surface area contributed by atoms with E-state index in [0.717, 1.165) is 74.0 Å². The molecule has 2 aliphatic rings. The summed E-state index contributed by atoms with van der Waals surface area (Å²) in [5.74, 6) is 1.40. The Morgan fingerprint density at radius 2 is 1.79 bits per heavy atom. The van der Waals surface area contributed by atoms with Crippen LogP contribution in [0.2, 0.25) is 0 Å². The van der Waals surface area contributed by atoms with Crippen LogP contribution in [0.25, 0.3) is 10.9 Å². The minimum absolute atomic E-state index is 0.420. The van der Waals surface area contributed by atoms with E-state index in [1.807, 2.05) is 36.4 Å². The van der Waals surface area contributed by atoms with Crippen molar-refractivity contribution in [1.82, 2.24) is 20.1 Å². The molecule has 1 aromatic carbocycles. The van der Waals surface area contributed by atoms with E-state index in [1.165, 1.54) is 0 Å². The molecule has 5 rings (SSSR count). The average molecular weight is 452 g/mol. The van der Waals surface area contributed by atoms with Crippen LogP contribution in [0.5, 0.6) is 5.88 Å². The quantitative estimate of drug-likeness (QED) is 0.526. The summed E-state index contributed by atoms with van der Waals surface area (Å²) in [4.78, 5) is 9.26. The molecule has 33 heavy (non-hydrogen) atoms. The molecule has 10 heteroatoms. The lowest BCUT2D eigenvalue weighted by Crippen LogP contribution is -2.38. The molecule has 0 saturated carbocycles. The minimum Gasteiger partial charge on any atom is -0.476 e. The number of aromatic nitrogens is 3. The molecule has 174 valence electrons. The number of fused-ring (bicyclic) bond motifs is 1. The third-order valence-electron chi connectivity index (χ3n) is 5.82. The summed E-state index contributed by atoms with van der Waals surface area (Å²) in [5.41, 5.74) is 2.59. The van der Waals surface area contributed by atoms with Crippen molar-refractivity contribution in [2.75, 3.05) is 70.7 Å². The highest BCUT2D eigenvalue weighted by Gasteiger charge is 2.16.